The number of rotatable bonds is 7. The van der Waals surface area contributed by atoms with Crippen molar-refractivity contribution in [2.24, 2.45) is 0 Å². The van der Waals surface area contributed by atoms with Crippen molar-refractivity contribution in [3.8, 4) is 0 Å². The molecule has 100 valence electrons. The highest BCUT2D eigenvalue weighted by Gasteiger charge is 2.06. The predicted octanol–water partition coefficient (Wildman–Crippen LogP) is 1.01. The summed E-state index contributed by atoms with van der Waals surface area (Å²) in [5, 5.41) is 5.85. The van der Waals surface area contributed by atoms with Crippen LogP contribution in [0.25, 0.3) is 0 Å². The highest BCUT2D eigenvalue weighted by molar-refractivity contribution is 7.84. The number of anilines is 1. The van der Waals surface area contributed by atoms with Gasteiger partial charge in [-0.05, 0) is 18.6 Å². The van der Waals surface area contributed by atoms with Crippen molar-refractivity contribution in [3.63, 3.8) is 0 Å². The van der Waals surface area contributed by atoms with Crippen molar-refractivity contribution >= 4 is 22.5 Å². The minimum Gasteiger partial charge on any atom is -0.370 e. The molecule has 1 aromatic heterocycles. The summed E-state index contributed by atoms with van der Waals surface area (Å²) in [5.41, 5.74) is 0.561. The zero-order chi connectivity index (χ0) is 13.4. The summed E-state index contributed by atoms with van der Waals surface area (Å²) < 4.78 is 10.9. The van der Waals surface area contributed by atoms with E-state index in [0.29, 0.717) is 23.7 Å². The first-order valence-electron chi connectivity index (χ1n) is 5.91. The first kappa shape index (κ1) is 14.6. The SMILES string of the molecule is CCCNc1cc(C(=O)NCCS(C)=O)ccn1. The van der Waals surface area contributed by atoms with Crippen molar-refractivity contribution in [3.05, 3.63) is 23.9 Å². The van der Waals surface area contributed by atoms with Crippen LogP contribution in [0.4, 0.5) is 5.82 Å². The summed E-state index contributed by atoms with van der Waals surface area (Å²) >= 11 is 0. The normalized spacial score (nSPS) is 11.9. The molecule has 0 aromatic carbocycles. The second-order valence-electron chi connectivity index (χ2n) is 3.89. The Kier molecular flexibility index (Phi) is 6.35. The molecule has 18 heavy (non-hydrogen) atoms. The largest absolute Gasteiger partial charge is 0.370 e. The molecule has 1 amide bonds. The van der Waals surface area contributed by atoms with Crippen LogP contribution in [-0.2, 0) is 10.8 Å². The van der Waals surface area contributed by atoms with Crippen LogP contribution in [-0.4, -0.2) is 40.2 Å². The third kappa shape index (κ3) is 5.27. The Hall–Kier alpha value is -1.43. The number of nitrogens with one attached hydrogen (secondary N) is 2. The molecule has 5 nitrogen and oxygen atoms in total. The number of carbonyl (C=O) groups is 1. The molecule has 6 heteroatoms. The van der Waals surface area contributed by atoms with Gasteiger partial charge in [0.15, 0.2) is 0 Å². The number of pyridine rings is 1. The third-order valence-corrected chi connectivity index (χ3v) is 3.03. The number of carbonyl (C=O) groups excluding carboxylic acids is 1. The molecule has 0 fully saturated rings. The lowest BCUT2D eigenvalue weighted by Gasteiger charge is -2.07. The van der Waals surface area contributed by atoms with Crippen LogP contribution in [0, 0.1) is 0 Å². The van der Waals surface area contributed by atoms with E-state index < -0.39 is 10.8 Å². The maximum Gasteiger partial charge on any atom is 0.251 e. The minimum absolute atomic E-state index is 0.164. The van der Waals surface area contributed by atoms with E-state index in [1.54, 1.807) is 24.6 Å². The van der Waals surface area contributed by atoms with Crippen LogP contribution in [0.5, 0.6) is 0 Å². The van der Waals surface area contributed by atoms with Gasteiger partial charge in [-0.25, -0.2) is 4.98 Å². The molecule has 2 N–H and O–H groups in total. The summed E-state index contributed by atoms with van der Waals surface area (Å²) in [4.78, 5) is 15.9. The topological polar surface area (TPSA) is 71.1 Å². The first-order chi connectivity index (χ1) is 8.63. The Bertz CT molecular complexity index is 424. The van der Waals surface area contributed by atoms with E-state index in [1.807, 2.05) is 0 Å². The standard InChI is InChI=1S/C12H19N3O2S/c1-3-5-13-11-9-10(4-6-14-11)12(16)15-7-8-18(2)17/h4,6,9H,3,5,7-8H2,1-2H3,(H,13,14)(H,15,16). The number of nitrogens with zero attached hydrogens (tertiary/aromatic N) is 1. The Balaban J connectivity index is 2.54. The van der Waals surface area contributed by atoms with Crippen molar-refractivity contribution in [2.45, 2.75) is 13.3 Å². The molecular weight excluding hydrogens is 250 g/mol. The maximum atomic E-state index is 11.8. The van der Waals surface area contributed by atoms with Gasteiger partial charge in [-0.2, -0.15) is 0 Å². The van der Waals surface area contributed by atoms with E-state index in [0.717, 1.165) is 13.0 Å². The summed E-state index contributed by atoms with van der Waals surface area (Å²) in [6, 6.07) is 3.38. The smallest absolute Gasteiger partial charge is 0.251 e. The van der Waals surface area contributed by atoms with Crippen LogP contribution < -0.4 is 10.6 Å². The average molecular weight is 269 g/mol. The van der Waals surface area contributed by atoms with Crippen LogP contribution in [0.3, 0.4) is 0 Å². The summed E-state index contributed by atoms with van der Waals surface area (Å²) in [6.07, 6.45) is 4.22. The van der Waals surface area contributed by atoms with Gasteiger partial charge in [-0.1, -0.05) is 6.92 Å². The Morgan fingerprint density at radius 2 is 2.22 bits per heavy atom. The summed E-state index contributed by atoms with van der Waals surface area (Å²) in [7, 11) is -0.886. The fourth-order valence-electron chi connectivity index (χ4n) is 1.33. The molecule has 0 aliphatic heterocycles. The Labute approximate surface area is 110 Å². The molecule has 1 atom stereocenters. The molecule has 1 rings (SSSR count). The zero-order valence-electron chi connectivity index (χ0n) is 10.7. The zero-order valence-corrected chi connectivity index (χ0v) is 11.5. The summed E-state index contributed by atoms with van der Waals surface area (Å²) in [6.45, 7) is 3.31. The van der Waals surface area contributed by atoms with Gasteiger partial charge in [0.05, 0.1) is 0 Å². The number of amides is 1. The van der Waals surface area contributed by atoms with Crippen molar-refractivity contribution in [1.82, 2.24) is 10.3 Å². The van der Waals surface area contributed by atoms with Crippen molar-refractivity contribution < 1.29 is 9.00 Å². The van der Waals surface area contributed by atoms with Crippen molar-refractivity contribution in [2.75, 3.05) is 30.4 Å². The van der Waals surface area contributed by atoms with Crippen molar-refractivity contribution in [1.29, 1.82) is 0 Å². The average Bonchev–Trinajstić information content (AvgIpc) is 2.36. The minimum atomic E-state index is -0.886. The van der Waals surface area contributed by atoms with E-state index in [1.165, 1.54) is 0 Å². The summed E-state index contributed by atoms with van der Waals surface area (Å²) in [5.74, 6) is 1.00. The number of hydrogen-bond donors (Lipinski definition) is 2. The molecule has 0 aliphatic carbocycles. The van der Waals surface area contributed by atoms with Crippen LogP contribution in [0.2, 0.25) is 0 Å². The van der Waals surface area contributed by atoms with E-state index >= 15 is 0 Å². The lowest BCUT2D eigenvalue weighted by molar-refractivity contribution is 0.0956. The van der Waals surface area contributed by atoms with Gasteiger partial charge in [-0.3, -0.25) is 9.00 Å². The fourth-order valence-corrected chi connectivity index (χ4v) is 1.72. The predicted molar refractivity (Wildman–Crippen MR) is 74.3 cm³/mol. The van der Waals surface area contributed by atoms with Crippen LogP contribution in [0.15, 0.2) is 18.3 Å². The van der Waals surface area contributed by atoms with Gasteiger partial charge in [0.2, 0.25) is 0 Å². The van der Waals surface area contributed by atoms with Gasteiger partial charge < -0.3 is 10.6 Å². The third-order valence-electron chi connectivity index (χ3n) is 2.25. The van der Waals surface area contributed by atoms with Gasteiger partial charge in [-0.15, -0.1) is 0 Å². The van der Waals surface area contributed by atoms with E-state index in [2.05, 4.69) is 22.5 Å². The van der Waals surface area contributed by atoms with Gasteiger partial charge in [0, 0.05) is 47.7 Å². The van der Waals surface area contributed by atoms with Crippen LogP contribution in [0.1, 0.15) is 23.7 Å². The molecular formula is C12H19N3O2S. The molecule has 0 bridgehead atoms. The van der Waals surface area contributed by atoms with Gasteiger partial charge in [0.1, 0.15) is 5.82 Å². The Morgan fingerprint density at radius 1 is 1.44 bits per heavy atom. The second kappa shape index (κ2) is 7.81. The fraction of sp³-hybridized carbons (Fsp3) is 0.500. The van der Waals surface area contributed by atoms with E-state index in [-0.39, 0.29) is 5.91 Å². The molecule has 1 heterocycles. The molecule has 1 aromatic rings. The Morgan fingerprint density at radius 3 is 2.89 bits per heavy atom. The molecule has 0 aliphatic rings. The second-order valence-corrected chi connectivity index (χ2v) is 5.44. The maximum absolute atomic E-state index is 11.8. The molecule has 1 unspecified atom stereocenters. The monoisotopic (exact) mass is 269 g/mol. The lowest BCUT2D eigenvalue weighted by atomic mass is 10.2. The van der Waals surface area contributed by atoms with Crippen LogP contribution >= 0.6 is 0 Å². The number of hydrogen-bond acceptors (Lipinski definition) is 4. The molecule has 0 saturated heterocycles. The van der Waals surface area contributed by atoms with E-state index in [9.17, 15) is 9.00 Å². The quantitative estimate of drug-likeness (QED) is 0.775. The van der Waals surface area contributed by atoms with Gasteiger partial charge in [0.25, 0.3) is 5.91 Å². The lowest BCUT2D eigenvalue weighted by Crippen LogP contribution is -2.27. The van der Waals surface area contributed by atoms with E-state index in [4.69, 9.17) is 0 Å². The highest BCUT2D eigenvalue weighted by atomic mass is 32.2. The van der Waals surface area contributed by atoms with Gasteiger partial charge >= 0.3 is 0 Å². The number of aromatic nitrogens is 1. The molecule has 0 radical (unpaired) electrons. The first-order valence-corrected chi connectivity index (χ1v) is 7.64. The highest BCUT2D eigenvalue weighted by Crippen LogP contribution is 2.06. The molecule has 0 spiro atoms. The molecule has 0 saturated carbocycles.